The normalized spacial score (nSPS) is 19.7. The van der Waals surface area contributed by atoms with Crippen LogP contribution >= 0.6 is 0 Å². The molecule has 1 amide bonds. The zero-order valence-electron chi connectivity index (χ0n) is 16.9. The van der Waals surface area contributed by atoms with Crippen molar-refractivity contribution in [3.63, 3.8) is 0 Å². The third kappa shape index (κ3) is 5.39. The monoisotopic (exact) mass is 398 g/mol. The quantitative estimate of drug-likeness (QED) is 0.768. The van der Waals surface area contributed by atoms with Crippen LogP contribution in [0.25, 0.3) is 0 Å². The highest BCUT2D eigenvalue weighted by Crippen LogP contribution is 2.24. The number of carbonyl (C=O) groups is 1. The summed E-state index contributed by atoms with van der Waals surface area (Å²) in [5.74, 6) is 0.463. The van der Waals surface area contributed by atoms with E-state index >= 15 is 0 Å². The summed E-state index contributed by atoms with van der Waals surface area (Å²) >= 11 is 0. The van der Waals surface area contributed by atoms with Crippen molar-refractivity contribution < 1.29 is 9.53 Å². The molecule has 2 aliphatic rings. The van der Waals surface area contributed by atoms with Gasteiger partial charge in [-0.05, 0) is 30.9 Å². The molecule has 2 fully saturated rings. The number of hydrogen-bond donors (Lipinski definition) is 1. The highest BCUT2D eigenvalue weighted by Gasteiger charge is 2.25. The van der Waals surface area contributed by atoms with Crippen molar-refractivity contribution in [3.05, 3.63) is 42.0 Å². The predicted octanol–water partition coefficient (Wildman–Crippen LogP) is 2.06. The summed E-state index contributed by atoms with van der Waals surface area (Å²) in [5.41, 5.74) is 1.33. The molecule has 0 bridgehead atoms. The second kappa shape index (κ2) is 9.93. The summed E-state index contributed by atoms with van der Waals surface area (Å²) in [5, 5.41) is 11.3. The molecule has 156 valence electrons. The van der Waals surface area contributed by atoms with Crippen LogP contribution in [0.15, 0.2) is 30.6 Å². The molecule has 8 heteroatoms. The van der Waals surface area contributed by atoms with E-state index < -0.39 is 0 Å². The number of hydrogen-bond acceptors (Lipinski definition) is 6. The molecule has 1 aliphatic heterocycles. The van der Waals surface area contributed by atoms with Crippen molar-refractivity contribution in [2.75, 3.05) is 32.8 Å². The number of nitrogens with zero attached hydrogens (tertiary/aromatic N) is 5. The lowest BCUT2D eigenvalue weighted by atomic mass is 9.89. The van der Waals surface area contributed by atoms with Crippen LogP contribution < -0.4 is 5.32 Å². The summed E-state index contributed by atoms with van der Waals surface area (Å²) in [6, 6.07) is 5.91. The molecule has 2 aromatic heterocycles. The molecule has 3 heterocycles. The van der Waals surface area contributed by atoms with Gasteiger partial charge in [0.15, 0.2) is 5.69 Å². The molecule has 0 spiro atoms. The minimum Gasteiger partial charge on any atom is -0.379 e. The lowest BCUT2D eigenvalue weighted by Gasteiger charge is -2.34. The SMILES string of the molecule is O=C(NC[C@@H](c1ccccn1)N1CCOCC1)c1cn(CC2CCCCC2)nn1. The van der Waals surface area contributed by atoms with Crippen LogP contribution in [0.3, 0.4) is 0 Å². The van der Waals surface area contributed by atoms with Crippen molar-refractivity contribution in [2.24, 2.45) is 5.92 Å². The molecule has 1 atom stereocenters. The van der Waals surface area contributed by atoms with E-state index in [0.717, 1.165) is 25.3 Å². The topological polar surface area (TPSA) is 85.2 Å². The molecule has 0 unspecified atom stereocenters. The Labute approximate surface area is 171 Å². The van der Waals surface area contributed by atoms with Crippen LogP contribution in [0.4, 0.5) is 0 Å². The summed E-state index contributed by atoms with van der Waals surface area (Å²) in [4.78, 5) is 19.5. The Morgan fingerprint density at radius 1 is 1.21 bits per heavy atom. The molecule has 29 heavy (non-hydrogen) atoms. The number of rotatable bonds is 7. The Hall–Kier alpha value is -2.32. The number of carbonyl (C=O) groups excluding carboxylic acids is 1. The van der Waals surface area contributed by atoms with Crippen molar-refractivity contribution in [3.8, 4) is 0 Å². The number of amides is 1. The van der Waals surface area contributed by atoms with Crippen LogP contribution in [0.2, 0.25) is 0 Å². The first kappa shape index (κ1) is 20.0. The van der Waals surface area contributed by atoms with Gasteiger partial charge in [0.25, 0.3) is 5.91 Å². The highest BCUT2D eigenvalue weighted by atomic mass is 16.5. The van der Waals surface area contributed by atoms with Crippen molar-refractivity contribution in [1.29, 1.82) is 0 Å². The fourth-order valence-corrected chi connectivity index (χ4v) is 4.29. The van der Waals surface area contributed by atoms with Gasteiger partial charge in [-0.2, -0.15) is 0 Å². The third-order valence-corrected chi connectivity index (χ3v) is 5.91. The van der Waals surface area contributed by atoms with Crippen LogP contribution in [0.1, 0.15) is 54.3 Å². The van der Waals surface area contributed by atoms with Gasteiger partial charge in [-0.1, -0.05) is 30.5 Å². The van der Waals surface area contributed by atoms with Crippen LogP contribution in [0, 0.1) is 5.92 Å². The fourth-order valence-electron chi connectivity index (χ4n) is 4.29. The molecule has 1 saturated carbocycles. The number of ether oxygens (including phenoxy) is 1. The van der Waals surface area contributed by atoms with Gasteiger partial charge in [-0.15, -0.1) is 5.10 Å². The molecular weight excluding hydrogens is 368 g/mol. The first-order valence-electron chi connectivity index (χ1n) is 10.7. The molecular formula is C21H30N6O2. The van der Waals surface area contributed by atoms with Gasteiger partial charge in [-0.25, -0.2) is 0 Å². The molecule has 4 rings (SSSR count). The van der Waals surface area contributed by atoms with E-state index in [1.165, 1.54) is 32.1 Å². The summed E-state index contributed by atoms with van der Waals surface area (Å²) in [7, 11) is 0. The van der Waals surface area contributed by atoms with E-state index in [1.807, 2.05) is 22.9 Å². The Balaban J connectivity index is 1.36. The van der Waals surface area contributed by atoms with Gasteiger partial charge in [0, 0.05) is 32.4 Å². The minimum atomic E-state index is -0.186. The molecule has 1 saturated heterocycles. The fraction of sp³-hybridized carbons (Fsp3) is 0.619. The van der Waals surface area contributed by atoms with Gasteiger partial charge in [-0.3, -0.25) is 19.4 Å². The van der Waals surface area contributed by atoms with E-state index in [9.17, 15) is 4.79 Å². The summed E-state index contributed by atoms with van der Waals surface area (Å²) < 4.78 is 7.30. The largest absolute Gasteiger partial charge is 0.379 e. The molecule has 0 aromatic carbocycles. The van der Waals surface area contributed by atoms with Gasteiger partial charge >= 0.3 is 0 Å². The smallest absolute Gasteiger partial charge is 0.273 e. The zero-order chi connectivity index (χ0) is 19.9. The first-order chi connectivity index (χ1) is 14.3. The average molecular weight is 399 g/mol. The Bertz CT molecular complexity index is 768. The maximum Gasteiger partial charge on any atom is 0.273 e. The Kier molecular flexibility index (Phi) is 6.84. The Morgan fingerprint density at radius 2 is 2.03 bits per heavy atom. The van der Waals surface area contributed by atoms with Crippen molar-refractivity contribution >= 4 is 5.91 Å². The van der Waals surface area contributed by atoms with Crippen LogP contribution in [-0.4, -0.2) is 63.6 Å². The maximum atomic E-state index is 12.7. The van der Waals surface area contributed by atoms with Gasteiger partial charge in [0.05, 0.1) is 31.1 Å². The molecule has 0 radical (unpaired) electrons. The number of nitrogens with one attached hydrogen (secondary N) is 1. The summed E-state index contributed by atoms with van der Waals surface area (Å²) in [6.45, 7) is 4.39. The maximum absolute atomic E-state index is 12.7. The lowest BCUT2D eigenvalue weighted by Crippen LogP contribution is -2.44. The van der Waals surface area contributed by atoms with E-state index in [-0.39, 0.29) is 11.9 Å². The molecule has 2 aromatic rings. The first-order valence-corrected chi connectivity index (χ1v) is 10.7. The second-order valence-electron chi connectivity index (χ2n) is 7.96. The average Bonchev–Trinajstić information content (AvgIpc) is 3.25. The van der Waals surface area contributed by atoms with Crippen LogP contribution in [0.5, 0.6) is 0 Å². The van der Waals surface area contributed by atoms with E-state index in [2.05, 4.69) is 25.5 Å². The van der Waals surface area contributed by atoms with Crippen molar-refractivity contribution in [2.45, 2.75) is 44.7 Å². The lowest BCUT2D eigenvalue weighted by molar-refractivity contribution is 0.0153. The zero-order valence-corrected chi connectivity index (χ0v) is 16.9. The van der Waals surface area contributed by atoms with Gasteiger partial charge in [0.1, 0.15) is 0 Å². The van der Waals surface area contributed by atoms with Gasteiger partial charge < -0.3 is 10.1 Å². The standard InChI is InChI=1S/C21H30N6O2/c28-21(19-16-27(25-24-19)15-17-6-2-1-3-7-17)23-14-20(18-8-4-5-9-22-18)26-10-12-29-13-11-26/h4-5,8-9,16-17,20H,1-3,6-7,10-15H2,(H,23,28)/t20-/m0/s1. The number of aromatic nitrogens is 4. The van der Waals surface area contributed by atoms with Crippen LogP contribution in [-0.2, 0) is 11.3 Å². The van der Waals surface area contributed by atoms with Crippen molar-refractivity contribution in [1.82, 2.24) is 30.2 Å². The van der Waals surface area contributed by atoms with E-state index in [4.69, 9.17) is 4.74 Å². The highest BCUT2D eigenvalue weighted by molar-refractivity contribution is 5.91. The Morgan fingerprint density at radius 3 is 2.79 bits per heavy atom. The van der Waals surface area contributed by atoms with Gasteiger partial charge in [0.2, 0.25) is 0 Å². The second-order valence-corrected chi connectivity index (χ2v) is 7.96. The molecule has 1 aliphatic carbocycles. The summed E-state index contributed by atoms with van der Waals surface area (Å²) in [6.07, 6.45) is 9.98. The minimum absolute atomic E-state index is 0.0151. The molecule has 1 N–H and O–H groups in total. The number of morpholine rings is 1. The number of pyridine rings is 1. The van der Waals surface area contributed by atoms with E-state index in [0.29, 0.717) is 31.4 Å². The van der Waals surface area contributed by atoms with E-state index in [1.54, 1.807) is 12.4 Å². The molecule has 8 nitrogen and oxygen atoms in total. The third-order valence-electron chi connectivity index (χ3n) is 5.91. The predicted molar refractivity (Wildman–Crippen MR) is 108 cm³/mol.